The van der Waals surface area contributed by atoms with Crippen LogP contribution < -0.4 is 5.32 Å². The molecule has 3 rings (SSSR count). The zero-order valence-corrected chi connectivity index (χ0v) is 11.8. The van der Waals surface area contributed by atoms with Gasteiger partial charge in [-0.25, -0.2) is 0 Å². The largest absolute Gasteiger partial charge is 0.371 e. The number of nitrogens with zero attached hydrogens (tertiary/aromatic N) is 1. The van der Waals surface area contributed by atoms with Gasteiger partial charge in [-0.15, -0.1) is 0 Å². The van der Waals surface area contributed by atoms with Crippen LogP contribution in [0.2, 0.25) is 0 Å². The Balaban J connectivity index is 1.94. The van der Waals surface area contributed by atoms with Crippen molar-refractivity contribution in [2.24, 2.45) is 5.92 Å². The average molecular weight is 266 g/mol. The Kier molecular flexibility index (Phi) is 3.68. The third-order valence-electron chi connectivity index (χ3n) is 4.62. The summed E-state index contributed by atoms with van der Waals surface area (Å²) < 4.78 is 10.9. The number of ether oxygens (including phenoxy) is 1. The van der Waals surface area contributed by atoms with E-state index < -0.39 is 0 Å². The van der Waals surface area contributed by atoms with E-state index in [0.717, 1.165) is 13.2 Å². The zero-order chi connectivity index (χ0) is 12.4. The van der Waals surface area contributed by atoms with Crippen LogP contribution in [0.1, 0.15) is 50.8 Å². The monoisotopic (exact) mass is 266 g/mol. The molecule has 1 saturated heterocycles. The number of nitrogens with one attached hydrogen (secondary N) is 1. The summed E-state index contributed by atoms with van der Waals surface area (Å²) in [6.07, 6.45) is 6.34. The van der Waals surface area contributed by atoms with Gasteiger partial charge in [-0.1, -0.05) is 26.2 Å². The second kappa shape index (κ2) is 5.27. The lowest BCUT2D eigenvalue weighted by Gasteiger charge is -2.51. The van der Waals surface area contributed by atoms with Gasteiger partial charge in [0, 0.05) is 11.9 Å². The number of hydrogen-bond donors (Lipinski definition) is 1. The van der Waals surface area contributed by atoms with Crippen molar-refractivity contribution in [3.63, 3.8) is 0 Å². The highest BCUT2D eigenvalue weighted by atomic mass is 32.1. The quantitative estimate of drug-likeness (QED) is 0.893. The molecule has 0 radical (unpaired) electrons. The Labute approximate surface area is 113 Å². The summed E-state index contributed by atoms with van der Waals surface area (Å²) in [6, 6.07) is 2.45. The lowest BCUT2D eigenvalue weighted by molar-refractivity contribution is -0.154. The molecule has 1 aliphatic heterocycles. The smallest absolute Gasteiger partial charge is 0.0920 e. The molecule has 1 aromatic heterocycles. The van der Waals surface area contributed by atoms with Gasteiger partial charge in [0.2, 0.25) is 0 Å². The van der Waals surface area contributed by atoms with E-state index in [-0.39, 0.29) is 5.60 Å². The number of hydrogen-bond acceptors (Lipinski definition) is 4. The molecule has 2 heterocycles. The molecule has 1 aromatic rings. The first-order chi connectivity index (χ1) is 8.87. The molecule has 3 atom stereocenters. The fourth-order valence-corrected chi connectivity index (χ4v) is 4.34. The van der Waals surface area contributed by atoms with Crippen LogP contribution in [-0.2, 0) is 4.74 Å². The van der Waals surface area contributed by atoms with Crippen molar-refractivity contribution in [1.29, 1.82) is 0 Å². The van der Waals surface area contributed by atoms with Gasteiger partial charge >= 0.3 is 0 Å². The van der Waals surface area contributed by atoms with E-state index in [1.807, 2.05) is 0 Å². The molecular weight excluding hydrogens is 244 g/mol. The first-order valence-corrected chi connectivity index (χ1v) is 7.98. The van der Waals surface area contributed by atoms with E-state index in [2.05, 4.69) is 28.1 Å². The van der Waals surface area contributed by atoms with E-state index in [0.29, 0.717) is 12.0 Å². The molecule has 3 unspecified atom stereocenters. The molecule has 2 fully saturated rings. The van der Waals surface area contributed by atoms with Gasteiger partial charge in [0.25, 0.3) is 0 Å². The minimum Gasteiger partial charge on any atom is -0.371 e. The summed E-state index contributed by atoms with van der Waals surface area (Å²) in [5.41, 5.74) is 1.18. The van der Waals surface area contributed by atoms with E-state index in [1.54, 1.807) is 11.5 Å². The number of aromatic nitrogens is 1. The summed E-state index contributed by atoms with van der Waals surface area (Å²) in [4.78, 5) is 0. The summed E-state index contributed by atoms with van der Waals surface area (Å²) in [5.74, 6) is 0.672. The minimum atomic E-state index is -0.000671. The van der Waals surface area contributed by atoms with Gasteiger partial charge in [0.05, 0.1) is 23.9 Å². The van der Waals surface area contributed by atoms with Crippen molar-refractivity contribution in [1.82, 2.24) is 9.69 Å². The fraction of sp³-hybridized carbons (Fsp3) is 0.786. The van der Waals surface area contributed by atoms with Crippen LogP contribution in [-0.4, -0.2) is 23.1 Å². The van der Waals surface area contributed by atoms with Crippen molar-refractivity contribution >= 4 is 11.5 Å². The van der Waals surface area contributed by atoms with Crippen LogP contribution in [0, 0.1) is 5.92 Å². The summed E-state index contributed by atoms with van der Waals surface area (Å²) in [7, 11) is 0. The molecule has 1 N–H and O–H groups in total. The zero-order valence-electron chi connectivity index (χ0n) is 11.0. The van der Waals surface area contributed by atoms with Crippen LogP contribution >= 0.6 is 11.5 Å². The summed E-state index contributed by atoms with van der Waals surface area (Å²) >= 11 is 1.54. The van der Waals surface area contributed by atoms with Gasteiger partial charge in [0.1, 0.15) is 0 Å². The van der Waals surface area contributed by atoms with Gasteiger partial charge in [0.15, 0.2) is 0 Å². The number of morpholine rings is 1. The van der Waals surface area contributed by atoms with Crippen molar-refractivity contribution in [3.05, 3.63) is 17.1 Å². The second-order valence-electron chi connectivity index (χ2n) is 5.47. The molecule has 3 nitrogen and oxygen atoms in total. The van der Waals surface area contributed by atoms with Crippen LogP contribution in [0.4, 0.5) is 0 Å². The molecular formula is C14H22N2OS. The van der Waals surface area contributed by atoms with E-state index in [4.69, 9.17) is 4.74 Å². The van der Waals surface area contributed by atoms with Crippen LogP contribution in [0.3, 0.4) is 0 Å². The van der Waals surface area contributed by atoms with Crippen LogP contribution in [0.5, 0.6) is 0 Å². The molecule has 18 heavy (non-hydrogen) atoms. The van der Waals surface area contributed by atoms with Crippen molar-refractivity contribution in [3.8, 4) is 0 Å². The lowest BCUT2D eigenvalue weighted by atomic mass is 9.68. The molecule has 1 spiro atoms. The lowest BCUT2D eigenvalue weighted by Crippen LogP contribution is -2.57. The predicted octanol–water partition coefficient (Wildman–Crippen LogP) is 3.14. The van der Waals surface area contributed by atoms with Gasteiger partial charge < -0.3 is 10.1 Å². The van der Waals surface area contributed by atoms with Crippen molar-refractivity contribution < 1.29 is 4.74 Å². The highest BCUT2D eigenvalue weighted by Crippen LogP contribution is 2.47. The standard InChI is InChI=1S/C14H22N2OS/c1-2-11-5-3-4-7-14(11)13(15-8-9-17-14)12-6-10-18-16-12/h6,10-11,13,15H,2-5,7-9H2,1H3. The van der Waals surface area contributed by atoms with E-state index in [9.17, 15) is 0 Å². The maximum absolute atomic E-state index is 6.35. The average Bonchev–Trinajstić information content (AvgIpc) is 2.93. The Hall–Kier alpha value is -0.450. The van der Waals surface area contributed by atoms with Crippen molar-refractivity contribution in [2.75, 3.05) is 13.2 Å². The van der Waals surface area contributed by atoms with E-state index >= 15 is 0 Å². The number of rotatable bonds is 2. The third-order valence-corrected chi connectivity index (χ3v) is 5.19. The molecule has 0 amide bonds. The summed E-state index contributed by atoms with van der Waals surface area (Å²) in [6.45, 7) is 4.09. The van der Waals surface area contributed by atoms with Gasteiger partial charge in [-0.05, 0) is 36.4 Å². The Bertz CT molecular complexity index is 375. The SMILES string of the molecule is CCC1CCCCC12OCCNC2c1ccsn1. The first kappa shape index (κ1) is 12.6. The van der Waals surface area contributed by atoms with Crippen LogP contribution in [0.25, 0.3) is 0 Å². The van der Waals surface area contributed by atoms with Crippen LogP contribution in [0.15, 0.2) is 11.4 Å². The predicted molar refractivity (Wildman–Crippen MR) is 73.8 cm³/mol. The molecule has 2 aliphatic rings. The van der Waals surface area contributed by atoms with Gasteiger partial charge in [-0.2, -0.15) is 4.37 Å². The normalized spacial score (nSPS) is 36.9. The Morgan fingerprint density at radius 2 is 2.50 bits per heavy atom. The topological polar surface area (TPSA) is 34.1 Å². The Morgan fingerprint density at radius 3 is 3.28 bits per heavy atom. The molecule has 1 aliphatic carbocycles. The maximum atomic E-state index is 6.35. The summed E-state index contributed by atoms with van der Waals surface area (Å²) in [5, 5.41) is 5.74. The first-order valence-electron chi connectivity index (χ1n) is 7.14. The third kappa shape index (κ3) is 2.00. The molecule has 1 saturated carbocycles. The highest BCUT2D eigenvalue weighted by Gasteiger charge is 2.49. The van der Waals surface area contributed by atoms with Gasteiger partial charge in [-0.3, -0.25) is 0 Å². The van der Waals surface area contributed by atoms with E-state index in [1.165, 1.54) is 37.8 Å². The van der Waals surface area contributed by atoms with Crippen molar-refractivity contribution in [2.45, 2.75) is 50.7 Å². The maximum Gasteiger partial charge on any atom is 0.0920 e. The second-order valence-corrected chi connectivity index (χ2v) is 6.13. The Morgan fingerprint density at radius 1 is 1.56 bits per heavy atom. The molecule has 0 aromatic carbocycles. The molecule has 4 heteroatoms. The minimum absolute atomic E-state index is 0.000671. The fourth-order valence-electron chi connectivity index (χ4n) is 3.79. The highest BCUT2D eigenvalue weighted by molar-refractivity contribution is 7.03. The molecule has 100 valence electrons. The molecule has 0 bridgehead atoms.